The third-order valence-electron chi connectivity index (χ3n) is 2.41. The first-order valence-electron chi connectivity index (χ1n) is 5.38. The zero-order valence-corrected chi connectivity index (χ0v) is 11.5. The molecule has 0 saturated heterocycles. The van der Waals surface area contributed by atoms with Crippen molar-refractivity contribution in [3.8, 4) is 5.75 Å². The van der Waals surface area contributed by atoms with Gasteiger partial charge in [-0.05, 0) is 6.07 Å². The van der Waals surface area contributed by atoms with E-state index in [1.807, 2.05) is 0 Å². The number of rotatable bonds is 5. The lowest BCUT2D eigenvalue weighted by Gasteiger charge is -2.12. The fraction of sp³-hybridized carbons (Fsp3) is 0.417. The Labute approximate surface area is 107 Å². The van der Waals surface area contributed by atoms with Crippen molar-refractivity contribution < 1.29 is 17.9 Å². The van der Waals surface area contributed by atoms with E-state index in [-0.39, 0.29) is 5.75 Å². The molecule has 0 radical (unpaired) electrons. The molecule has 100 valence electrons. The second-order valence-electron chi connectivity index (χ2n) is 4.13. The average Bonchev–Trinajstić information content (AvgIpc) is 2.28. The molecule has 1 amide bonds. The molecule has 5 nitrogen and oxygen atoms in total. The van der Waals surface area contributed by atoms with Gasteiger partial charge in [0.2, 0.25) is 5.91 Å². The number of methoxy groups -OCH3 is 1. The largest absolute Gasteiger partial charge is 0.496 e. The first-order chi connectivity index (χ1) is 8.35. The Hall–Kier alpha value is -1.56. The van der Waals surface area contributed by atoms with Crippen LogP contribution in [0.1, 0.15) is 5.56 Å². The van der Waals surface area contributed by atoms with Crippen LogP contribution in [0.25, 0.3) is 0 Å². The molecule has 0 saturated carbocycles. The van der Waals surface area contributed by atoms with Gasteiger partial charge in [0, 0.05) is 19.7 Å². The normalized spacial score (nSPS) is 11.1. The number of hydrogen-bond acceptors (Lipinski definition) is 4. The highest BCUT2D eigenvalue weighted by Crippen LogP contribution is 2.20. The topological polar surface area (TPSA) is 63.7 Å². The van der Waals surface area contributed by atoms with Gasteiger partial charge in [0.15, 0.2) is 9.84 Å². The summed E-state index contributed by atoms with van der Waals surface area (Å²) >= 11 is 0. The van der Waals surface area contributed by atoms with Crippen molar-refractivity contribution >= 4 is 15.7 Å². The molecule has 0 aromatic heterocycles. The highest BCUT2D eigenvalue weighted by molar-refractivity contribution is 7.91. The Morgan fingerprint density at radius 3 is 2.44 bits per heavy atom. The average molecular weight is 271 g/mol. The van der Waals surface area contributed by atoms with Crippen LogP contribution in [0.5, 0.6) is 5.75 Å². The molecule has 6 heteroatoms. The van der Waals surface area contributed by atoms with Crippen molar-refractivity contribution in [2.24, 2.45) is 0 Å². The monoisotopic (exact) mass is 271 g/mol. The quantitative estimate of drug-likeness (QED) is 0.790. The van der Waals surface area contributed by atoms with E-state index < -0.39 is 21.5 Å². The van der Waals surface area contributed by atoms with Crippen molar-refractivity contribution in [1.82, 2.24) is 4.90 Å². The molecule has 1 aromatic carbocycles. The lowest BCUT2D eigenvalue weighted by atomic mass is 10.2. The van der Waals surface area contributed by atoms with Gasteiger partial charge in [-0.3, -0.25) is 4.79 Å². The zero-order chi connectivity index (χ0) is 13.8. The van der Waals surface area contributed by atoms with Crippen LogP contribution < -0.4 is 4.74 Å². The lowest BCUT2D eigenvalue weighted by molar-refractivity contribution is -0.125. The standard InChI is InChI=1S/C12H17NO4S/c1-13(2)12(14)9-18(15,16)8-10-6-4-5-7-11(10)17-3/h4-7H,8-9H2,1-3H3. The Bertz CT molecular complexity index is 523. The van der Waals surface area contributed by atoms with E-state index >= 15 is 0 Å². The summed E-state index contributed by atoms with van der Waals surface area (Å²) in [6.07, 6.45) is 0. The van der Waals surface area contributed by atoms with E-state index in [4.69, 9.17) is 4.74 Å². The minimum Gasteiger partial charge on any atom is -0.496 e. The molecular weight excluding hydrogens is 254 g/mol. The van der Waals surface area contributed by atoms with E-state index in [0.29, 0.717) is 11.3 Å². The molecule has 0 spiro atoms. The van der Waals surface area contributed by atoms with Crippen molar-refractivity contribution in [2.45, 2.75) is 5.75 Å². The van der Waals surface area contributed by atoms with Gasteiger partial charge in [0.1, 0.15) is 11.5 Å². The van der Waals surface area contributed by atoms with Crippen molar-refractivity contribution in [1.29, 1.82) is 0 Å². The van der Waals surface area contributed by atoms with E-state index in [1.54, 1.807) is 24.3 Å². The smallest absolute Gasteiger partial charge is 0.237 e. The highest BCUT2D eigenvalue weighted by Gasteiger charge is 2.20. The van der Waals surface area contributed by atoms with E-state index in [0.717, 1.165) is 0 Å². The Morgan fingerprint density at radius 1 is 1.28 bits per heavy atom. The van der Waals surface area contributed by atoms with Crippen LogP contribution in [0.2, 0.25) is 0 Å². The van der Waals surface area contributed by atoms with Gasteiger partial charge in [-0.25, -0.2) is 8.42 Å². The maximum Gasteiger partial charge on any atom is 0.237 e. The molecule has 0 aliphatic heterocycles. The van der Waals surface area contributed by atoms with Crippen LogP contribution >= 0.6 is 0 Å². The maximum absolute atomic E-state index is 11.9. The predicted octanol–water partition coefficient (Wildman–Crippen LogP) is 0.698. The lowest BCUT2D eigenvalue weighted by Crippen LogP contribution is -2.29. The van der Waals surface area contributed by atoms with Gasteiger partial charge in [-0.1, -0.05) is 18.2 Å². The SMILES string of the molecule is COc1ccccc1CS(=O)(=O)CC(=O)N(C)C. The molecule has 1 rings (SSSR count). The summed E-state index contributed by atoms with van der Waals surface area (Å²) in [7, 11) is 1.06. The first kappa shape index (κ1) is 14.5. The fourth-order valence-electron chi connectivity index (χ4n) is 1.43. The third kappa shape index (κ3) is 4.03. The number of hydrogen-bond donors (Lipinski definition) is 0. The summed E-state index contributed by atoms with van der Waals surface area (Å²) in [6, 6.07) is 6.87. The number of carbonyl (C=O) groups excluding carboxylic acids is 1. The van der Waals surface area contributed by atoms with Gasteiger partial charge in [-0.2, -0.15) is 0 Å². The van der Waals surface area contributed by atoms with Crippen LogP contribution in [0.4, 0.5) is 0 Å². The summed E-state index contributed by atoms with van der Waals surface area (Å²) < 4.78 is 28.8. The number of nitrogens with zero attached hydrogens (tertiary/aromatic N) is 1. The van der Waals surface area contributed by atoms with Crippen LogP contribution in [-0.4, -0.2) is 46.2 Å². The Kier molecular flexibility index (Phi) is 4.72. The van der Waals surface area contributed by atoms with Gasteiger partial charge in [0.05, 0.1) is 12.9 Å². The molecule has 0 fully saturated rings. The fourth-order valence-corrected chi connectivity index (χ4v) is 2.88. The van der Waals surface area contributed by atoms with Crippen LogP contribution in [0.15, 0.2) is 24.3 Å². The van der Waals surface area contributed by atoms with Gasteiger partial charge < -0.3 is 9.64 Å². The van der Waals surface area contributed by atoms with Crippen molar-refractivity contribution in [3.63, 3.8) is 0 Å². The zero-order valence-electron chi connectivity index (χ0n) is 10.7. The van der Waals surface area contributed by atoms with Gasteiger partial charge in [-0.15, -0.1) is 0 Å². The number of benzene rings is 1. The molecule has 1 aromatic rings. The summed E-state index contributed by atoms with van der Waals surface area (Å²) in [6.45, 7) is 0. The molecule has 0 N–H and O–H groups in total. The van der Waals surface area contributed by atoms with E-state index in [2.05, 4.69) is 0 Å². The molecule has 0 bridgehead atoms. The number of amides is 1. The predicted molar refractivity (Wildman–Crippen MR) is 69.2 cm³/mol. The second kappa shape index (κ2) is 5.86. The van der Waals surface area contributed by atoms with Crippen molar-refractivity contribution in [2.75, 3.05) is 27.0 Å². The molecule has 0 heterocycles. The van der Waals surface area contributed by atoms with Gasteiger partial charge >= 0.3 is 0 Å². The number of sulfone groups is 1. The number of para-hydroxylation sites is 1. The Morgan fingerprint density at radius 2 is 1.89 bits per heavy atom. The summed E-state index contributed by atoms with van der Waals surface area (Å²) in [5.41, 5.74) is 0.562. The summed E-state index contributed by atoms with van der Waals surface area (Å²) in [4.78, 5) is 12.7. The van der Waals surface area contributed by atoms with Gasteiger partial charge in [0.25, 0.3) is 0 Å². The maximum atomic E-state index is 11.9. The van der Waals surface area contributed by atoms with Crippen LogP contribution in [0, 0.1) is 0 Å². The molecule has 0 aliphatic carbocycles. The number of ether oxygens (including phenoxy) is 1. The highest BCUT2D eigenvalue weighted by atomic mass is 32.2. The van der Waals surface area contributed by atoms with E-state index in [1.165, 1.54) is 26.1 Å². The summed E-state index contributed by atoms with van der Waals surface area (Å²) in [5.74, 6) is -0.600. The number of carbonyl (C=O) groups is 1. The minimum atomic E-state index is -3.48. The molecule has 0 unspecified atom stereocenters. The molecule has 18 heavy (non-hydrogen) atoms. The second-order valence-corrected chi connectivity index (χ2v) is 6.20. The molecule has 0 aliphatic rings. The summed E-state index contributed by atoms with van der Waals surface area (Å²) in [5, 5.41) is 0. The molecule has 0 atom stereocenters. The molecular formula is C12H17NO4S. The first-order valence-corrected chi connectivity index (χ1v) is 7.20. The minimum absolute atomic E-state index is 0.198. The van der Waals surface area contributed by atoms with E-state index in [9.17, 15) is 13.2 Å². The van der Waals surface area contributed by atoms with Crippen LogP contribution in [0.3, 0.4) is 0 Å². The Balaban J connectivity index is 2.86. The third-order valence-corrected chi connectivity index (χ3v) is 3.85. The van der Waals surface area contributed by atoms with Crippen molar-refractivity contribution in [3.05, 3.63) is 29.8 Å². The van der Waals surface area contributed by atoms with Crippen LogP contribution in [-0.2, 0) is 20.4 Å².